The van der Waals surface area contributed by atoms with Gasteiger partial charge >= 0.3 is 0 Å². The predicted octanol–water partition coefficient (Wildman–Crippen LogP) is 4.87. The first kappa shape index (κ1) is 12.7. The van der Waals surface area contributed by atoms with Crippen molar-refractivity contribution in [3.63, 3.8) is 0 Å². The summed E-state index contributed by atoms with van der Waals surface area (Å²) in [5.41, 5.74) is 0.627. The average Bonchev–Trinajstić information content (AvgIpc) is 2.22. The zero-order chi connectivity index (χ0) is 11.3. The van der Waals surface area contributed by atoms with E-state index in [2.05, 4.69) is 22.9 Å². The predicted molar refractivity (Wildman–Crippen MR) is 67.6 cm³/mol. The van der Waals surface area contributed by atoms with Gasteiger partial charge in [-0.1, -0.05) is 47.3 Å². The molecule has 82 valence electrons. The monoisotopic (exact) mass is 288 g/mol. The minimum Gasteiger partial charge on any atom is -0.294 e. The largest absolute Gasteiger partial charge is 0.294 e. The molecule has 0 heterocycles. The molecular weight excluding hydrogens is 275 g/mol. The van der Waals surface area contributed by atoms with E-state index in [0.29, 0.717) is 17.0 Å². The third-order valence-electron chi connectivity index (χ3n) is 2.24. The smallest absolute Gasteiger partial charge is 0.164 e. The first-order chi connectivity index (χ1) is 7.15. The van der Waals surface area contributed by atoms with Gasteiger partial charge in [-0.05, 0) is 24.6 Å². The minimum atomic E-state index is 0.134. The lowest BCUT2D eigenvalue weighted by Crippen LogP contribution is -1.99. The van der Waals surface area contributed by atoms with Crippen LogP contribution in [0.1, 0.15) is 43.0 Å². The number of carbonyl (C=O) groups is 1. The summed E-state index contributed by atoms with van der Waals surface area (Å²) in [6.45, 7) is 2.12. The van der Waals surface area contributed by atoms with Gasteiger partial charge in [0.25, 0.3) is 0 Å². The minimum absolute atomic E-state index is 0.134. The molecule has 0 saturated carbocycles. The third kappa shape index (κ3) is 3.96. The second-order valence-electron chi connectivity index (χ2n) is 3.50. The summed E-state index contributed by atoms with van der Waals surface area (Å²) in [5.74, 6) is 0.134. The van der Waals surface area contributed by atoms with E-state index in [1.54, 1.807) is 12.1 Å². The highest BCUT2D eigenvalue weighted by Crippen LogP contribution is 2.22. The molecule has 1 nitrogen and oxygen atoms in total. The van der Waals surface area contributed by atoms with Crippen molar-refractivity contribution in [1.29, 1.82) is 0 Å². The van der Waals surface area contributed by atoms with Gasteiger partial charge in [-0.15, -0.1) is 0 Å². The van der Waals surface area contributed by atoms with Crippen LogP contribution >= 0.6 is 27.5 Å². The number of Topliss-reactive ketones (excluding diaryl/α,β-unsaturated/α-hetero) is 1. The summed E-state index contributed by atoms with van der Waals surface area (Å²) in [7, 11) is 0. The summed E-state index contributed by atoms with van der Waals surface area (Å²) in [4.78, 5) is 11.8. The van der Waals surface area contributed by atoms with Crippen LogP contribution in [0.2, 0.25) is 5.02 Å². The molecule has 0 aliphatic carbocycles. The normalized spacial score (nSPS) is 10.3. The van der Waals surface area contributed by atoms with Crippen LogP contribution < -0.4 is 0 Å². The fraction of sp³-hybridized carbons (Fsp3) is 0.417. The van der Waals surface area contributed by atoms with Crippen LogP contribution in [0.15, 0.2) is 22.7 Å². The quantitative estimate of drug-likeness (QED) is 0.558. The van der Waals surface area contributed by atoms with Gasteiger partial charge in [0, 0.05) is 16.5 Å². The van der Waals surface area contributed by atoms with Gasteiger partial charge in [0.2, 0.25) is 0 Å². The van der Waals surface area contributed by atoms with Gasteiger partial charge in [-0.25, -0.2) is 0 Å². The molecule has 0 aliphatic rings. The number of halogens is 2. The second-order valence-corrected chi connectivity index (χ2v) is 4.83. The number of ketones is 1. The van der Waals surface area contributed by atoms with Crippen molar-refractivity contribution < 1.29 is 4.79 Å². The fourth-order valence-corrected chi connectivity index (χ4v) is 1.97. The topological polar surface area (TPSA) is 17.1 Å². The lowest BCUT2D eigenvalue weighted by atomic mass is 10.1. The van der Waals surface area contributed by atoms with Crippen molar-refractivity contribution in [3.8, 4) is 0 Å². The molecule has 0 radical (unpaired) electrons. The molecule has 1 rings (SSSR count). The molecule has 1 aromatic rings. The first-order valence-electron chi connectivity index (χ1n) is 5.13. The van der Waals surface area contributed by atoms with Crippen LogP contribution in [0.25, 0.3) is 0 Å². The molecule has 0 bridgehead atoms. The lowest BCUT2D eigenvalue weighted by molar-refractivity contribution is 0.0979. The van der Waals surface area contributed by atoms with Gasteiger partial charge in [-0.2, -0.15) is 0 Å². The number of hydrogen-bond acceptors (Lipinski definition) is 1. The summed E-state index contributed by atoms with van der Waals surface area (Å²) < 4.78 is 0.894. The summed E-state index contributed by atoms with van der Waals surface area (Å²) >= 11 is 9.30. The van der Waals surface area contributed by atoms with Crippen LogP contribution in [-0.2, 0) is 0 Å². The summed E-state index contributed by atoms with van der Waals surface area (Å²) in [6, 6.07) is 5.38. The molecule has 0 N–H and O–H groups in total. The van der Waals surface area contributed by atoms with Gasteiger partial charge in [0.1, 0.15) is 0 Å². The third-order valence-corrected chi connectivity index (χ3v) is 3.06. The number of hydrogen-bond donors (Lipinski definition) is 0. The Morgan fingerprint density at radius 2 is 2.13 bits per heavy atom. The van der Waals surface area contributed by atoms with E-state index in [1.807, 2.05) is 6.07 Å². The van der Waals surface area contributed by atoms with Crippen LogP contribution in [0.3, 0.4) is 0 Å². The number of rotatable bonds is 5. The van der Waals surface area contributed by atoms with E-state index in [0.717, 1.165) is 23.7 Å². The van der Waals surface area contributed by atoms with E-state index in [9.17, 15) is 4.79 Å². The lowest BCUT2D eigenvalue weighted by Gasteiger charge is -2.03. The van der Waals surface area contributed by atoms with Crippen LogP contribution in [0.5, 0.6) is 0 Å². The molecule has 0 aliphatic heterocycles. The van der Waals surface area contributed by atoms with Crippen LogP contribution in [0.4, 0.5) is 0 Å². The van der Waals surface area contributed by atoms with Gasteiger partial charge < -0.3 is 0 Å². The van der Waals surface area contributed by atoms with Crippen molar-refractivity contribution in [2.45, 2.75) is 32.6 Å². The second kappa shape index (κ2) is 6.29. The highest BCUT2D eigenvalue weighted by molar-refractivity contribution is 9.10. The Labute approximate surface area is 104 Å². The molecule has 0 atom stereocenters. The SMILES string of the molecule is CCCCCC(=O)c1cc(Br)ccc1Cl. The Morgan fingerprint density at radius 1 is 1.40 bits per heavy atom. The van der Waals surface area contributed by atoms with Crippen LogP contribution in [-0.4, -0.2) is 5.78 Å². The maximum atomic E-state index is 11.8. The average molecular weight is 290 g/mol. The van der Waals surface area contributed by atoms with E-state index >= 15 is 0 Å². The molecule has 0 fully saturated rings. The standard InChI is InChI=1S/C12H14BrClO/c1-2-3-4-5-12(15)10-8-9(13)6-7-11(10)14/h6-8H,2-5H2,1H3. The Bertz CT molecular complexity index is 349. The van der Waals surface area contributed by atoms with Crippen molar-refractivity contribution in [2.24, 2.45) is 0 Å². The molecule has 0 saturated heterocycles. The summed E-state index contributed by atoms with van der Waals surface area (Å²) in [6.07, 6.45) is 3.75. The van der Waals surface area contributed by atoms with Crippen molar-refractivity contribution in [2.75, 3.05) is 0 Å². The zero-order valence-corrected chi connectivity index (χ0v) is 11.1. The molecule has 0 amide bonds. The molecule has 0 aromatic heterocycles. The van der Waals surface area contributed by atoms with Crippen molar-refractivity contribution >= 4 is 33.3 Å². The molecule has 1 aromatic carbocycles. The highest BCUT2D eigenvalue weighted by atomic mass is 79.9. The first-order valence-corrected chi connectivity index (χ1v) is 6.30. The van der Waals surface area contributed by atoms with Crippen molar-refractivity contribution in [3.05, 3.63) is 33.3 Å². The Kier molecular flexibility index (Phi) is 5.34. The Hall–Kier alpha value is -0.340. The number of carbonyl (C=O) groups excluding carboxylic acids is 1. The molecular formula is C12H14BrClO. The highest BCUT2D eigenvalue weighted by Gasteiger charge is 2.10. The fourth-order valence-electron chi connectivity index (χ4n) is 1.38. The molecule has 15 heavy (non-hydrogen) atoms. The van der Waals surface area contributed by atoms with Crippen molar-refractivity contribution in [1.82, 2.24) is 0 Å². The van der Waals surface area contributed by atoms with Crippen LogP contribution in [0, 0.1) is 0 Å². The van der Waals surface area contributed by atoms with E-state index in [4.69, 9.17) is 11.6 Å². The zero-order valence-electron chi connectivity index (χ0n) is 8.72. The Morgan fingerprint density at radius 3 is 2.80 bits per heavy atom. The molecule has 0 unspecified atom stereocenters. The van der Waals surface area contributed by atoms with E-state index < -0.39 is 0 Å². The molecule has 3 heteroatoms. The number of benzene rings is 1. The molecule has 0 spiro atoms. The van der Waals surface area contributed by atoms with E-state index in [1.165, 1.54) is 0 Å². The van der Waals surface area contributed by atoms with Gasteiger partial charge in [-0.3, -0.25) is 4.79 Å². The van der Waals surface area contributed by atoms with Gasteiger partial charge in [0.05, 0.1) is 5.02 Å². The summed E-state index contributed by atoms with van der Waals surface area (Å²) in [5, 5.41) is 0.541. The van der Waals surface area contributed by atoms with E-state index in [-0.39, 0.29) is 5.78 Å². The maximum Gasteiger partial charge on any atom is 0.164 e. The number of unbranched alkanes of at least 4 members (excludes halogenated alkanes) is 2. The van der Waals surface area contributed by atoms with Gasteiger partial charge in [0.15, 0.2) is 5.78 Å². The Balaban J connectivity index is 2.68. The maximum absolute atomic E-state index is 11.8.